The first-order valence-electron chi connectivity index (χ1n) is 17.7. The van der Waals surface area contributed by atoms with Crippen molar-refractivity contribution in [3.8, 4) is 11.5 Å². The molecule has 0 radical (unpaired) electrons. The van der Waals surface area contributed by atoms with E-state index in [1.807, 2.05) is 75.4 Å². The lowest BCUT2D eigenvalue weighted by Gasteiger charge is -2.43. The zero-order valence-corrected chi connectivity index (χ0v) is 30.5. The minimum atomic E-state index is -1.19. The normalized spacial score (nSPS) is 26.3. The molecule has 4 aromatic rings. The van der Waals surface area contributed by atoms with Gasteiger partial charge in [-0.15, -0.1) is 11.8 Å². The number of rotatable bonds is 11. The average molecular weight is 742 g/mol. The van der Waals surface area contributed by atoms with Crippen molar-refractivity contribution in [1.29, 1.82) is 0 Å². The van der Waals surface area contributed by atoms with Gasteiger partial charge >= 0.3 is 10.8 Å². The number of nitrogens with one attached hydrogen (secondary N) is 2. The number of benzene rings is 3. The summed E-state index contributed by atoms with van der Waals surface area (Å²) in [5.41, 5.74) is 1.57. The standard InChI is InChI=1S/C39H39N3O8S2/c1-4-49-27-15-20(12-13-26(27)50-17-28(43)40-24-11-7-9-19-8-5-6-10-21(19)24)29-30-22-16-23(33(30)51-35-34(29)52-39(48)41-35)32-31(22)36(44)42(37(32)45)25(38(46)47)14-18(2)3/h5-13,15,18,22-23,25,29-33H,4,14,16-17H2,1-3H3,(H,40,43)(H,41,48)(H,46,47)/t22?,23?,25?,29-,30?,31?,32?,33?/m1/s1. The second-order valence-corrected chi connectivity index (χ2v) is 16.7. The van der Waals surface area contributed by atoms with Crippen LogP contribution in [0.15, 0.2) is 70.5 Å². The summed E-state index contributed by atoms with van der Waals surface area (Å²) in [5, 5.41) is 15.7. The number of H-pyrrole nitrogens is 1. The van der Waals surface area contributed by atoms with Crippen LogP contribution < -0.4 is 19.7 Å². The van der Waals surface area contributed by atoms with Crippen molar-refractivity contribution in [2.75, 3.05) is 18.5 Å². The number of imide groups is 1. The summed E-state index contributed by atoms with van der Waals surface area (Å²) in [6.45, 7) is 5.73. The number of carbonyl (C=O) groups excluding carboxylic acids is 3. The lowest BCUT2D eigenvalue weighted by atomic mass is 9.68. The van der Waals surface area contributed by atoms with Gasteiger partial charge in [-0.05, 0) is 72.6 Å². The maximum absolute atomic E-state index is 14.1. The molecule has 7 unspecified atom stereocenters. The minimum Gasteiger partial charge on any atom is -0.490 e. The van der Waals surface area contributed by atoms with E-state index in [1.165, 1.54) is 0 Å². The molecule has 2 aliphatic carbocycles. The summed E-state index contributed by atoms with van der Waals surface area (Å²) in [6, 6.07) is 17.9. The van der Waals surface area contributed by atoms with E-state index in [-0.39, 0.29) is 70.5 Å². The Bertz CT molecular complexity index is 2160. The van der Waals surface area contributed by atoms with Gasteiger partial charge in [0.2, 0.25) is 11.8 Å². The SMILES string of the molecule is CCOc1cc([C@H]2c3sc(=O)[nH]c3SC3C4CC(C5C(=O)N(C(CC(C)C)C(=O)O)C(=O)C45)C32)ccc1OCC(=O)Nc1cccc2ccccc12. The van der Waals surface area contributed by atoms with Crippen LogP contribution in [-0.4, -0.2) is 63.2 Å². The van der Waals surface area contributed by atoms with Crippen molar-refractivity contribution in [2.45, 2.75) is 55.8 Å². The molecule has 3 heterocycles. The van der Waals surface area contributed by atoms with Gasteiger partial charge in [-0.1, -0.05) is 67.6 Å². The number of fused-ring (bicyclic) bond motifs is 10. The number of aliphatic carboxylic acids is 1. The van der Waals surface area contributed by atoms with Crippen molar-refractivity contribution in [1.82, 2.24) is 9.88 Å². The second-order valence-electron chi connectivity index (χ2n) is 14.5. The third kappa shape index (κ3) is 5.69. The minimum absolute atomic E-state index is 0.0146. The summed E-state index contributed by atoms with van der Waals surface area (Å²) >= 11 is 2.73. The number of hydrogen-bond acceptors (Lipinski definition) is 9. The Balaban J connectivity index is 1.08. The van der Waals surface area contributed by atoms with Gasteiger partial charge in [0.1, 0.15) is 6.04 Å². The molecule has 8 rings (SSSR count). The zero-order valence-electron chi connectivity index (χ0n) is 28.9. The van der Waals surface area contributed by atoms with Gasteiger partial charge in [0, 0.05) is 27.1 Å². The molecule has 0 spiro atoms. The quantitative estimate of drug-likeness (QED) is 0.158. The number of thiazole rings is 1. The van der Waals surface area contributed by atoms with Crippen molar-refractivity contribution in [3.63, 3.8) is 0 Å². The van der Waals surface area contributed by atoms with Crippen LogP contribution in [0.3, 0.4) is 0 Å². The Morgan fingerprint density at radius 2 is 1.73 bits per heavy atom. The average Bonchev–Trinajstić information content (AvgIpc) is 3.85. The maximum Gasteiger partial charge on any atom is 0.326 e. The van der Waals surface area contributed by atoms with Crippen molar-refractivity contribution < 1.29 is 33.8 Å². The van der Waals surface area contributed by atoms with Crippen LogP contribution in [0, 0.1) is 35.5 Å². The lowest BCUT2D eigenvalue weighted by Crippen LogP contribution is -2.47. The van der Waals surface area contributed by atoms with Gasteiger partial charge in [-0.2, -0.15) is 0 Å². The molecule has 3 amide bonds. The van der Waals surface area contributed by atoms with Gasteiger partial charge in [0.15, 0.2) is 18.1 Å². The molecule has 1 aromatic heterocycles. The van der Waals surface area contributed by atoms with E-state index in [0.29, 0.717) is 30.2 Å². The van der Waals surface area contributed by atoms with E-state index >= 15 is 0 Å². The molecule has 2 aliphatic heterocycles. The number of amides is 3. The summed E-state index contributed by atoms with van der Waals surface area (Å²) in [7, 11) is 0. The molecule has 52 heavy (non-hydrogen) atoms. The van der Waals surface area contributed by atoms with Gasteiger partial charge in [0.25, 0.3) is 5.91 Å². The molecular weight excluding hydrogens is 703 g/mol. The summed E-state index contributed by atoms with van der Waals surface area (Å²) in [4.78, 5) is 71.0. The molecule has 13 heteroatoms. The number of thioether (sulfide) groups is 1. The predicted molar refractivity (Wildman–Crippen MR) is 197 cm³/mol. The number of hydrogen-bond donors (Lipinski definition) is 3. The molecule has 3 N–H and O–H groups in total. The van der Waals surface area contributed by atoms with E-state index in [4.69, 9.17) is 9.47 Å². The molecule has 270 valence electrons. The van der Waals surface area contributed by atoms with Crippen LogP contribution in [0.5, 0.6) is 11.5 Å². The number of aromatic amines is 1. The van der Waals surface area contributed by atoms with E-state index in [9.17, 15) is 29.1 Å². The number of carboxylic acid groups (broad SMARTS) is 1. The van der Waals surface area contributed by atoms with Gasteiger partial charge in [0.05, 0.1) is 23.5 Å². The molecule has 8 atom stereocenters. The molecule has 4 aliphatic rings. The van der Waals surface area contributed by atoms with Crippen LogP contribution in [0.1, 0.15) is 50.0 Å². The molecule has 11 nitrogen and oxygen atoms in total. The van der Waals surface area contributed by atoms with Crippen LogP contribution in [0.4, 0.5) is 5.69 Å². The molecule has 3 aromatic carbocycles. The first-order chi connectivity index (χ1) is 25.0. The fourth-order valence-corrected chi connectivity index (χ4v) is 12.1. The fraction of sp³-hybridized carbons (Fsp3) is 0.410. The van der Waals surface area contributed by atoms with Crippen LogP contribution >= 0.6 is 23.1 Å². The largest absolute Gasteiger partial charge is 0.490 e. The lowest BCUT2D eigenvalue weighted by molar-refractivity contribution is -0.156. The van der Waals surface area contributed by atoms with Crippen LogP contribution in [0.2, 0.25) is 0 Å². The highest BCUT2D eigenvalue weighted by Crippen LogP contribution is 2.68. The van der Waals surface area contributed by atoms with Gasteiger partial charge in [-0.25, -0.2) is 4.79 Å². The zero-order chi connectivity index (χ0) is 36.4. The Morgan fingerprint density at radius 3 is 2.48 bits per heavy atom. The van der Waals surface area contributed by atoms with Gasteiger partial charge < -0.3 is 24.9 Å². The van der Waals surface area contributed by atoms with E-state index in [1.54, 1.807) is 17.8 Å². The number of aromatic nitrogens is 1. The number of anilines is 1. The highest BCUT2D eigenvalue weighted by molar-refractivity contribution is 8.00. The highest BCUT2D eigenvalue weighted by atomic mass is 32.2. The predicted octanol–water partition coefficient (Wildman–Crippen LogP) is 5.98. The van der Waals surface area contributed by atoms with Gasteiger partial charge in [-0.3, -0.25) is 24.1 Å². The molecule has 3 fully saturated rings. The highest BCUT2D eigenvalue weighted by Gasteiger charge is 2.70. The summed E-state index contributed by atoms with van der Waals surface area (Å²) < 4.78 is 12.1. The molecular formula is C39H39N3O8S2. The maximum atomic E-state index is 14.1. The summed E-state index contributed by atoms with van der Waals surface area (Å²) in [5.74, 6) is -3.21. The number of likely N-dealkylation sites (tertiary alicyclic amines) is 1. The van der Waals surface area contributed by atoms with Crippen molar-refractivity contribution in [2.24, 2.45) is 35.5 Å². The Labute approximate surface area is 308 Å². The molecule has 2 saturated carbocycles. The second kappa shape index (κ2) is 13.4. The first kappa shape index (κ1) is 34.5. The Morgan fingerprint density at radius 1 is 0.981 bits per heavy atom. The van der Waals surface area contributed by atoms with E-state index in [0.717, 1.165) is 42.5 Å². The van der Waals surface area contributed by atoms with Crippen LogP contribution in [0.25, 0.3) is 10.8 Å². The third-order valence-corrected chi connectivity index (χ3v) is 13.7. The fourth-order valence-electron chi connectivity index (χ4n) is 9.25. The van der Waals surface area contributed by atoms with E-state index in [2.05, 4.69) is 10.3 Å². The van der Waals surface area contributed by atoms with Crippen molar-refractivity contribution in [3.05, 3.63) is 80.8 Å². The number of carbonyl (C=O) groups is 4. The molecule has 1 saturated heterocycles. The first-order valence-corrected chi connectivity index (χ1v) is 19.4. The van der Waals surface area contributed by atoms with E-state index < -0.39 is 23.8 Å². The topological polar surface area (TPSA) is 155 Å². The van der Waals surface area contributed by atoms with Crippen LogP contribution in [-0.2, 0) is 19.2 Å². The molecule has 2 bridgehead atoms. The smallest absolute Gasteiger partial charge is 0.326 e. The Hall–Kier alpha value is -4.62. The third-order valence-electron chi connectivity index (χ3n) is 11.1. The Kier molecular flexibility index (Phi) is 8.89. The number of ether oxygens (including phenoxy) is 2. The number of carboxylic acids is 1. The summed E-state index contributed by atoms with van der Waals surface area (Å²) in [6.07, 6.45) is 0.885. The van der Waals surface area contributed by atoms with Crippen molar-refractivity contribution >= 4 is 63.2 Å². The monoisotopic (exact) mass is 741 g/mol. The number of nitrogens with zero attached hydrogens (tertiary/aromatic N) is 1.